The van der Waals surface area contributed by atoms with Gasteiger partial charge < -0.3 is 5.73 Å². The molecule has 0 spiro atoms. The summed E-state index contributed by atoms with van der Waals surface area (Å²) < 4.78 is 1.86. The van der Waals surface area contributed by atoms with Crippen LogP contribution in [0.4, 0.5) is 0 Å². The van der Waals surface area contributed by atoms with Gasteiger partial charge in [0.2, 0.25) is 0 Å². The molecule has 0 fully saturated rings. The lowest BCUT2D eigenvalue weighted by Gasteiger charge is -2.09. The third-order valence-corrected chi connectivity index (χ3v) is 3.49. The van der Waals surface area contributed by atoms with Crippen molar-refractivity contribution in [2.45, 2.75) is 39.2 Å². The number of benzene rings is 1. The van der Waals surface area contributed by atoms with Crippen LogP contribution in [0.1, 0.15) is 43.0 Å². The Morgan fingerprint density at radius 2 is 2.00 bits per heavy atom. The van der Waals surface area contributed by atoms with Crippen LogP contribution in [0.5, 0.6) is 0 Å². The van der Waals surface area contributed by atoms with E-state index in [4.69, 9.17) is 5.73 Å². The molecule has 1 aromatic carbocycles. The minimum Gasteiger partial charge on any atom is -0.330 e. The van der Waals surface area contributed by atoms with Crippen LogP contribution in [0.2, 0.25) is 0 Å². The number of aromatic nitrogens is 3. The average molecular weight is 258 g/mol. The molecule has 0 radical (unpaired) electrons. The molecule has 1 heterocycles. The molecule has 102 valence electrons. The van der Waals surface area contributed by atoms with Crippen molar-refractivity contribution in [3.63, 3.8) is 0 Å². The molecule has 0 aliphatic carbocycles. The molecule has 2 N–H and O–H groups in total. The van der Waals surface area contributed by atoms with Crippen molar-refractivity contribution in [3.05, 3.63) is 47.3 Å². The van der Waals surface area contributed by atoms with Gasteiger partial charge >= 0.3 is 0 Å². The van der Waals surface area contributed by atoms with Crippen molar-refractivity contribution in [2.75, 3.05) is 6.54 Å². The summed E-state index contributed by atoms with van der Waals surface area (Å²) in [7, 11) is 0. The average Bonchev–Trinajstić information content (AvgIpc) is 2.86. The molecule has 0 bridgehead atoms. The van der Waals surface area contributed by atoms with E-state index in [1.54, 1.807) is 0 Å². The number of nitrogens with two attached hydrogens (primary N) is 1. The minimum atomic E-state index is 0.613. The minimum absolute atomic E-state index is 0.613. The number of hydrogen-bond acceptors (Lipinski definition) is 3. The zero-order valence-electron chi connectivity index (χ0n) is 11.7. The molecule has 1 atom stereocenters. The molecule has 0 saturated heterocycles. The zero-order valence-corrected chi connectivity index (χ0v) is 11.7. The molecule has 4 nitrogen and oxygen atoms in total. The van der Waals surface area contributed by atoms with E-state index in [0.29, 0.717) is 12.5 Å². The zero-order chi connectivity index (χ0) is 13.7. The molecule has 0 aliphatic heterocycles. The predicted molar refractivity (Wildman–Crippen MR) is 77.0 cm³/mol. The van der Waals surface area contributed by atoms with Crippen LogP contribution in [-0.4, -0.2) is 21.5 Å². The maximum Gasteiger partial charge on any atom is 0.0839 e. The Bertz CT molecular complexity index is 501. The molecule has 0 saturated carbocycles. The van der Waals surface area contributed by atoms with Gasteiger partial charge in [-0.05, 0) is 30.0 Å². The second-order valence-electron chi connectivity index (χ2n) is 5.00. The Labute approximate surface area is 114 Å². The fourth-order valence-corrected chi connectivity index (χ4v) is 2.05. The summed E-state index contributed by atoms with van der Waals surface area (Å²) in [5.41, 5.74) is 9.10. The van der Waals surface area contributed by atoms with Gasteiger partial charge in [-0.15, -0.1) is 5.10 Å². The first-order valence-electron chi connectivity index (χ1n) is 6.90. The monoisotopic (exact) mass is 258 g/mol. The molecule has 4 heteroatoms. The van der Waals surface area contributed by atoms with Crippen molar-refractivity contribution in [2.24, 2.45) is 5.73 Å². The van der Waals surface area contributed by atoms with E-state index in [1.807, 2.05) is 10.9 Å². The van der Waals surface area contributed by atoms with Crippen LogP contribution < -0.4 is 5.73 Å². The normalized spacial score (nSPS) is 12.6. The van der Waals surface area contributed by atoms with Gasteiger partial charge in [0.25, 0.3) is 0 Å². The van der Waals surface area contributed by atoms with Crippen molar-refractivity contribution in [1.82, 2.24) is 15.0 Å². The maximum absolute atomic E-state index is 5.50. The summed E-state index contributed by atoms with van der Waals surface area (Å²) >= 11 is 0. The molecule has 1 aromatic heterocycles. The second-order valence-corrected chi connectivity index (χ2v) is 5.00. The van der Waals surface area contributed by atoms with E-state index in [9.17, 15) is 0 Å². The highest BCUT2D eigenvalue weighted by atomic mass is 15.4. The lowest BCUT2D eigenvalue weighted by Crippen LogP contribution is -2.03. The Hall–Kier alpha value is -1.68. The molecule has 2 rings (SSSR count). The van der Waals surface area contributed by atoms with Crippen LogP contribution in [0.25, 0.3) is 0 Å². The quantitative estimate of drug-likeness (QED) is 0.865. The third-order valence-electron chi connectivity index (χ3n) is 3.49. The predicted octanol–water partition coefficient (Wildman–Crippen LogP) is 2.34. The van der Waals surface area contributed by atoms with Crippen molar-refractivity contribution < 1.29 is 0 Å². The summed E-state index contributed by atoms with van der Waals surface area (Å²) in [4.78, 5) is 0. The van der Waals surface area contributed by atoms with Crippen LogP contribution in [0.15, 0.2) is 30.5 Å². The molecule has 2 aromatic rings. The van der Waals surface area contributed by atoms with Gasteiger partial charge in [-0.3, -0.25) is 0 Å². The van der Waals surface area contributed by atoms with E-state index < -0.39 is 0 Å². The maximum atomic E-state index is 5.50. The van der Waals surface area contributed by atoms with Crippen molar-refractivity contribution >= 4 is 0 Å². The van der Waals surface area contributed by atoms with E-state index in [1.165, 1.54) is 17.5 Å². The molecule has 19 heavy (non-hydrogen) atoms. The van der Waals surface area contributed by atoms with Gasteiger partial charge in [0.1, 0.15) is 0 Å². The summed E-state index contributed by atoms with van der Waals surface area (Å²) in [5.74, 6) is 0.622. The van der Waals surface area contributed by atoms with Crippen LogP contribution in [0, 0.1) is 0 Å². The van der Waals surface area contributed by atoms with Gasteiger partial charge in [0.15, 0.2) is 0 Å². The Morgan fingerprint density at radius 1 is 1.26 bits per heavy atom. The molecular weight excluding hydrogens is 236 g/mol. The van der Waals surface area contributed by atoms with Gasteiger partial charge in [0.05, 0.1) is 12.2 Å². The first kappa shape index (κ1) is 13.7. The number of hydrogen-bond donors (Lipinski definition) is 1. The molecule has 1 unspecified atom stereocenters. The highest BCUT2D eigenvalue weighted by Crippen LogP contribution is 2.19. The summed E-state index contributed by atoms with van der Waals surface area (Å²) in [5, 5.41) is 8.21. The van der Waals surface area contributed by atoms with Gasteiger partial charge in [0, 0.05) is 12.6 Å². The molecular formula is C15H22N4. The van der Waals surface area contributed by atoms with Crippen LogP contribution in [0.3, 0.4) is 0 Å². The van der Waals surface area contributed by atoms with Gasteiger partial charge in [-0.2, -0.15) is 0 Å². The highest BCUT2D eigenvalue weighted by molar-refractivity contribution is 5.25. The number of rotatable bonds is 6. The van der Waals surface area contributed by atoms with E-state index in [-0.39, 0.29) is 0 Å². The van der Waals surface area contributed by atoms with Gasteiger partial charge in [-0.25, -0.2) is 4.68 Å². The molecule has 0 aliphatic rings. The van der Waals surface area contributed by atoms with E-state index >= 15 is 0 Å². The van der Waals surface area contributed by atoms with Crippen LogP contribution in [-0.2, 0) is 13.0 Å². The molecule has 0 amide bonds. The smallest absolute Gasteiger partial charge is 0.0839 e. The van der Waals surface area contributed by atoms with Crippen molar-refractivity contribution in [3.8, 4) is 0 Å². The SMILES string of the molecule is CCC(C)c1ccc(Cn2cc(CCN)nn2)cc1. The van der Waals surface area contributed by atoms with Gasteiger partial charge in [-0.1, -0.05) is 43.3 Å². The Balaban J connectivity index is 2.02. The van der Waals surface area contributed by atoms with E-state index in [2.05, 4.69) is 48.4 Å². The standard InChI is InChI=1S/C15H22N4/c1-3-12(2)14-6-4-13(5-7-14)10-19-11-15(8-9-16)17-18-19/h4-7,11-12H,3,8-10,16H2,1-2H3. The Kier molecular flexibility index (Phi) is 4.68. The number of nitrogens with zero attached hydrogens (tertiary/aromatic N) is 3. The summed E-state index contributed by atoms with van der Waals surface area (Å²) in [6, 6.07) is 8.76. The van der Waals surface area contributed by atoms with Crippen LogP contribution >= 0.6 is 0 Å². The van der Waals surface area contributed by atoms with E-state index in [0.717, 1.165) is 18.7 Å². The topological polar surface area (TPSA) is 56.7 Å². The summed E-state index contributed by atoms with van der Waals surface area (Å²) in [6.07, 6.45) is 3.92. The highest BCUT2D eigenvalue weighted by Gasteiger charge is 2.04. The summed E-state index contributed by atoms with van der Waals surface area (Å²) in [6.45, 7) is 5.85. The fraction of sp³-hybridized carbons (Fsp3) is 0.467. The first-order valence-corrected chi connectivity index (χ1v) is 6.90. The van der Waals surface area contributed by atoms with Crippen molar-refractivity contribution in [1.29, 1.82) is 0 Å². The lowest BCUT2D eigenvalue weighted by molar-refractivity contribution is 0.648. The largest absolute Gasteiger partial charge is 0.330 e. The first-order chi connectivity index (χ1) is 9.22. The third kappa shape index (κ3) is 3.64. The lowest BCUT2D eigenvalue weighted by atomic mass is 9.98. The fourth-order valence-electron chi connectivity index (χ4n) is 2.05. The Morgan fingerprint density at radius 3 is 2.63 bits per heavy atom. The second kappa shape index (κ2) is 6.48.